The topological polar surface area (TPSA) is 58.2 Å². The van der Waals surface area contributed by atoms with Gasteiger partial charge in [-0.1, -0.05) is 18.9 Å². The molecule has 102 valence electrons. The molecular formula is C13H14F2N2O2. The molecule has 0 bridgehead atoms. The maximum atomic E-state index is 13.3. The van der Waals surface area contributed by atoms with Gasteiger partial charge >= 0.3 is 11.8 Å². The number of para-hydroxylation sites is 1. The molecule has 1 aromatic rings. The van der Waals surface area contributed by atoms with Crippen LogP contribution in [0, 0.1) is 11.6 Å². The molecule has 1 aliphatic carbocycles. The summed E-state index contributed by atoms with van der Waals surface area (Å²) in [6.07, 6.45) is 3.67. The molecule has 0 atom stereocenters. The zero-order chi connectivity index (χ0) is 13.8. The van der Waals surface area contributed by atoms with E-state index < -0.39 is 29.1 Å². The lowest BCUT2D eigenvalue weighted by Gasteiger charge is -2.12. The van der Waals surface area contributed by atoms with Gasteiger partial charge in [-0.15, -0.1) is 0 Å². The fourth-order valence-corrected chi connectivity index (χ4v) is 2.11. The first kappa shape index (κ1) is 13.5. The summed E-state index contributed by atoms with van der Waals surface area (Å²) in [5, 5.41) is 4.49. The van der Waals surface area contributed by atoms with E-state index in [0.29, 0.717) is 0 Å². The number of anilines is 1. The van der Waals surface area contributed by atoms with Gasteiger partial charge < -0.3 is 10.6 Å². The third-order valence-electron chi connectivity index (χ3n) is 3.10. The molecule has 6 heteroatoms. The van der Waals surface area contributed by atoms with Crippen molar-refractivity contribution in [2.75, 3.05) is 5.32 Å². The first-order valence-corrected chi connectivity index (χ1v) is 6.14. The predicted molar refractivity (Wildman–Crippen MR) is 65.4 cm³/mol. The summed E-state index contributed by atoms with van der Waals surface area (Å²) >= 11 is 0. The van der Waals surface area contributed by atoms with Gasteiger partial charge in [-0.25, -0.2) is 8.78 Å². The third kappa shape index (κ3) is 3.27. The molecular weight excluding hydrogens is 254 g/mol. The Bertz CT molecular complexity index is 479. The minimum atomic E-state index is -1.06. The average Bonchev–Trinajstić information content (AvgIpc) is 2.86. The number of benzene rings is 1. The molecule has 2 rings (SSSR count). The molecule has 0 radical (unpaired) electrons. The zero-order valence-electron chi connectivity index (χ0n) is 10.2. The van der Waals surface area contributed by atoms with Crippen molar-refractivity contribution in [3.05, 3.63) is 29.8 Å². The summed E-state index contributed by atoms with van der Waals surface area (Å²) in [5.74, 6) is -3.76. The van der Waals surface area contributed by atoms with Crippen molar-refractivity contribution in [1.82, 2.24) is 5.32 Å². The molecule has 19 heavy (non-hydrogen) atoms. The van der Waals surface area contributed by atoms with Gasteiger partial charge in [0, 0.05) is 6.04 Å². The largest absolute Gasteiger partial charge is 0.345 e. The van der Waals surface area contributed by atoms with Gasteiger partial charge in [0.15, 0.2) is 0 Å². The van der Waals surface area contributed by atoms with Gasteiger partial charge in [0.1, 0.15) is 17.3 Å². The fourth-order valence-electron chi connectivity index (χ4n) is 2.11. The Morgan fingerprint density at radius 3 is 2.21 bits per heavy atom. The van der Waals surface area contributed by atoms with Crippen molar-refractivity contribution in [3.63, 3.8) is 0 Å². The number of rotatable bonds is 2. The highest BCUT2D eigenvalue weighted by atomic mass is 19.1. The van der Waals surface area contributed by atoms with Crippen molar-refractivity contribution in [3.8, 4) is 0 Å². The van der Waals surface area contributed by atoms with Crippen molar-refractivity contribution >= 4 is 17.5 Å². The summed E-state index contributed by atoms with van der Waals surface area (Å²) < 4.78 is 26.6. The van der Waals surface area contributed by atoms with Crippen molar-refractivity contribution in [2.45, 2.75) is 31.7 Å². The predicted octanol–water partition coefficient (Wildman–Crippen LogP) is 1.96. The van der Waals surface area contributed by atoms with Crippen molar-refractivity contribution < 1.29 is 18.4 Å². The van der Waals surface area contributed by atoms with E-state index in [-0.39, 0.29) is 6.04 Å². The third-order valence-corrected chi connectivity index (χ3v) is 3.10. The van der Waals surface area contributed by atoms with Gasteiger partial charge in [-0.2, -0.15) is 0 Å². The van der Waals surface area contributed by atoms with Gasteiger partial charge in [0.05, 0.1) is 0 Å². The van der Waals surface area contributed by atoms with E-state index in [2.05, 4.69) is 5.32 Å². The Morgan fingerprint density at radius 1 is 1.05 bits per heavy atom. The SMILES string of the molecule is O=C(Nc1c(F)cccc1F)C(=O)NC1CCCC1. The van der Waals surface area contributed by atoms with Crippen molar-refractivity contribution in [1.29, 1.82) is 0 Å². The summed E-state index contributed by atoms with van der Waals surface area (Å²) in [4.78, 5) is 23.1. The molecule has 1 aromatic carbocycles. The number of amides is 2. The van der Waals surface area contributed by atoms with Crippen LogP contribution in [0.15, 0.2) is 18.2 Å². The second kappa shape index (κ2) is 5.77. The first-order valence-electron chi connectivity index (χ1n) is 6.14. The van der Waals surface area contributed by atoms with E-state index >= 15 is 0 Å². The molecule has 1 fully saturated rings. The molecule has 4 nitrogen and oxygen atoms in total. The quantitative estimate of drug-likeness (QED) is 0.806. The van der Waals surface area contributed by atoms with E-state index in [1.807, 2.05) is 5.32 Å². The molecule has 0 heterocycles. The van der Waals surface area contributed by atoms with Crippen LogP contribution >= 0.6 is 0 Å². The Hall–Kier alpha value is -1.98. The summed E-state index contributed by atoms with van der Waals surface area (Å²) in [6.45, 7) is 0. The highest BCUT2D eigenvalue weighted by molar-refractivity contribution is 6.39. The molecule has 0 unspecified atom stereocenters. The maximum absolute atomic E-state index is 13.3. The van der Waals surface area contributed by atoms with E-state index in [0.717, 1.165) is 37.8 Å². The van der Waals surface area contributed by atoms with E-state index in [1.54, 1.807) is 0 Å². The minimum absolute atomic E-state index is 0.0243. The molecule has 0 aromatic heterocycles. The molecule has 0 spiro atoms. The standard InChI is InChI=1S/C13H14F2N2O2/c14-9-6-3-7-10(15)11(9)17-13(19)12(18)16-8-4-1-2-5-8/h3,6-8H,1-2,4-5H2,(H,16,18)(H,17,19). The number of hydrogen-bond donors (Lipinski definition) is 2. The zero-order valence-corrected chi connectivity index (χ0v) is 10.2. The smallest absolute Gasteiger partial charge is 0.313 e. The van der Waals surface area contributed by atoms with Crippen LogP contribution in [0.5, 0.6) is 0 Å². The van der Waals surface area contributed by atoms with Crippen LogP contribution in [0.1, 0.15) is 25.7 Å². The second-order valence-corrected chi connectivity index (χ2v) is 4.51. The lowest BCUT2D eigenvalue weighted by atomic mass is 10.2. The summed E-state index contributed by atoms with van der Waals surface area (Å²) in [6, 6.07) is 3.17. The maximum Gasteiger partial charge on any atom is 0.313 e. The molecule has 2 amide bonds. The van der Waals surface area contributed by atoms with Gasteiger partial charge in [0.25, 0.3) is 0 Å². The second-order valence-electron chi connectivity index (χ2n) is 4.51. The number of halogens is 2. The summed E-state index contributed by atoms with van der Waals surface area (Å²) in [7, 11) is 0. The summed E-state index contributed by atoms with van der Waals surface area (Å²) in [5.41, 5.74) is -0.603. The Kier molecular flexibility index (Phi) is 4.09. The van der Waals surface area contributed by atoms with E-state index in [1.165, 1.54) is 6.07 Å². The van der Waals surface area contributed by atoms with E-state index in [4.69, 9.17) is 0 Å². The van der Waals surface area contributed by atoms with Crippen LogP contribution in [0.4, 0.5) is 14.5 Å². The Labute approximate surface area is 109 Å². The minimum Gasteiger partial charge on any atom is -0.345 e. The van der Waals surface area contributed by atoms with Crippen LogP contribution in [0.3, 0.4) is 0 Å². The fraction of sp³-hybridized carbons (Fsp3) is 0.385. The van der Waals surface area contributed by atoms with Crippen LogP contribution < -0.4 is 10.6 Å². The van der Waals surface area contributed by atoms with Crippen molar-refractivity contribution in [2.24, 2.45) is 0 Å². The monoisotopic (exact) mass is 268 g/mol. The van der Waals surface area contributed by atoms with Crippen LogP contribution in [-0.4, -0.2) is 17.9 Å². The molecule has 0 saturated heterocycles. The van der Waals surface area contributed by atoms with Crippen LogP contribution in [0.2, 0.25) is 0 Å². The van der Waals surface area contributed by atoms with Crippen LogP contribution in [0.25, 0.3) is 0 Å². The molecule has 2 N–H and O–H groups in total. The highest BCUT2D eigenvalue weighted by Crippen LogP contribution is 2.19. The highest BCUT2D eigenvalue weighted by Gasteiger charge is 2.22. The van der Waals surface area contributed by atoms with Crippen LogP contribution in [-0.2, 0) is 9.59 Å². The Morgan fingerprint density at radius 2 is 1.63 bits per heavy atom. The normalized spacial score (nSPS) is 15.3. The lowest BCUT2D eigenvalue weighted by molar-refractivity contribution is -0.136. The molecule has 1 saturated carbocycles. The molecule has 1 aliphatic rings. The average molecular weight is 268 g/mol. The molecule has 0 aliphatic heterocycles. The van der Waals surface area contributed by atoms with Gasteiger partial charge in [-0.3, -0.25) is 9.59 Å². The number of carbonyl (C=O) groups excluding carboxylic acids is 2. The van der Waals surface area contributed by atoms with Gasteiger partial charge in [0.2, 0.25) is 0 Å². The van der Waals surface area contributed by atoms with Gasteiger partial charge in [-0.05, 0) is 25.0 Å². The Balaban J connectivity index is 1.98. The first-order chi connectivity index (χ1) is 9.08. The lowest BCUT2D eigenvalue weighted by Crippen LogP contribution is -2.40. The van der Waals surface area contributed by atoms with E-state index in [9.17, 15) is 18.4 Å². The number of hydrogen-bond acceptors (Lipinski definition) is 2. The number of nitrogens with one attached hydrogen (secondary N) is 2. The number of carbonyl (C=O) groups is 2.